The average Bonchev–Trinajstić information content (AvgIpc) is 2.61. The highest BCUT2D eigenvalue weighted by atomic mass is 15.2. The largest absolute Gasteiger partial charge is 0.312 e. The van der Waals surface area contributed by atoms with E-state index < -0.39 is 0 Å². The summed E-state index contributed by atoms with van der Waals surface area (Å²) in [5, 5.41) is 3.65. The molecule has 1 heterocycles. The Kier molecular flexibility index (Phi) is 5.34. The topological polar surface area (TPSA) is 15.3 Å². The van der Waals surface area contributed by atoms with Gasteiger partial charge in [0.1, 0.15) is 0 Å². The quantitative estimate of drug-likeness (QED) is 0.677. The summed E-state index contributed by atoms with van der Waals surface area (Å²) in [7, 11) is 2.23. The summed E-state index contributed by atoms with van der Waals surface area (Å²) in [6, 6.07) is 1.35. The van der Waals surface area contributed by atoms with E-state index >= 15 is 0 Å². The molecular formula is C13H26N2. The van der Waals surface area contributed by atoms with Crippen molar-refractivity contribution in [1.82, 2.24) is 10.2 Å². The second-order valence-corrected chi connectivity index (χ2v) is 4.98. The molecule has 0 aromatic carbocycles. The second-order valence-electron chi connectivity index (χ2n) is 4.98. The predicted octanol–water partition coefficient (Wildman–Crippen LogP) is 2.27. The van der Waals surface area contributed by atoms with E-state index in [2.05, 4.69) is 37.7 Å². The molecule has 15 heavy (non-hydrogen) atoms. The van der Waals surface area contributed by atoms with E-state index in [4.69, 9.17) is 0 Å². The number of likely N-dealkylation sites (tertiary alicyclic amines) is 1. The zero-order valence-corrected chi connectivity index (χ0v) is 10.5. The van der Waals surface area contributed by atoms with Crippen LogP contribution in [0, 0.1) is 5.92 Å². The van der Waals surface area contributed by atoms with E-state index in [1.54, 1.807) is 0 Å². The number of nitrogens with zero attached hydrogens (tertiary/aromatic N) is 1. The Morgan fingerprint density at radius 3 is 2.80 bits per heavy atom. The van der Waals surface area contributed by atoms with Crippen molar-refractivity contribution in [1.29, 1.82) is 0 Å². The Hall–Kier alpha value is -0.340. The summed E-state index contributed by atoms with van der Waals surface area (Å²) in [6.45, 7) is 10.8. The van der Waals surface area contributed by atoms with Crippen LogP contribution < -0.4 is 5.32 Å². The zero-order chi connectivity index (χ0) is 11.3. The molecular weight excluding hydrogens is 184 g/mol. The fourth-order valence-electron chi connectivity index (χ4n) is 2.23. The summed E-state index contributed by atoms with van der Waals surface area (Å²) in [5.74, 6) is 0.689. The van der Waals surface area contributed by atoms with Crippen LogP contribution in [-0.2, 0) is 0 Å². The van der Waals surface area contributed by atoms with Crippen molar-refractivity contribution in [2.24, 2.45) is 5.92 Å². The second kappa shape index (κ2) is 6.29. The van der Waals surface area contributed by atoms with Crippen LogP contribution in [0.3, 0.4) is 0 Å². The number of hydrogen-bond acceptors (Lipinski definition) is 2. The predicted molar refractivity (Wildman–Crippen MR) is 67.1 cm³/mol. The molecule has 1 saturated heterocycles. The van der Waals surface area contributed by atoms with Gasteiger partial charge in [-0.1, -0.05) is 13.0 Å². The molecule has 0 aromatic rings. The van der Waals surface area contributed by atoms with Crippen LogP contribution in [0.1, 0.15) is 33.1 Å². The molecule has 1 rings (SSSR count). The van der Waals surface area contributed by atoms with Crippen LogP contribution >= 0.6 is 0 Å². The molecule has 0 aliphatic carbocycles. The van der Waals surface area contributed by atoms with E-state index in [-0.39, 0.29) is 0 Å². The summed E-state index contributed by atoms with van der Waals surface area (Å²) in [6.07, 6.45) is 5.84. The van der Waals surface area contributed by atoms with E-state index in [0.29, 0.717) is 12.0 Å². The fourth-order valence-corrected chi connectivity index (χ4v) is 2.23. The molecule has 1 N–H and O–H groups in total. The van der Waals surface area contributed by atoms with Gasteiger partial charge in [-0.25, -0.2) is 0 Å². The van der Waals surface area contributed by atoms with Crippen molar-refractivity contribution in [3.05, 3.63) is 12.7 Å². The third-order valence-corrected chi connectivity index (χ3v) is 3.74. The molecule has 1 aliphatic heterocycles. The Bertz CT molecular complexity index is 191. The first kappa shape index (κ1) is 12.7. The van der Waals surface area contributed by atoms with Gasteiger partial charge in [0, 0.05) is 18.6 Å². The van der Waals surface area contributed by atoms with E-state index in [0.717, 1.165) is 19.0 Å². The molecule has 0 amide bonds. The van der Waals surface area contributed by atoms with Gasteiger partial charge in [-0.05, 0) is 45.7 Å². The lowest BCUT2D eigenvalue weighted by atomic mass is 9.99. The molecule has 0 saturated carbocycles. The van der Waals surface area contributed by atoms with Gasteiger partial charge in [0.15, 0.2) is 0 Å². The molecule has 2 heteroatoms. The number of allylic oxidation sites excluding steroid dienone is 1. The molecule has 0 radical (unpaired) electrons. The maximum Gasteiger partial charge on any atom is 0.0218 e. The molecule has 0 spiro atoms. The van der Waals surface area contributed by atoms with E-state index in [1.807, 2.05) is 6.08 Å². The highest BCUT2D eigenvalue weighted by molar-refractivity contribution is 4.82. The molecule has 1 fully saturated rings. The first-order chi connectivity index (χ1) is 7.15. The highest BCUT2D eigenvalue weighted by Crippen LogP contribution is 2.15. The monoisotopic (exact) mass is 210 g/mol. The SMILES string of the molecule is C=CCC(C)C(C)NCC1CCCN1C. The maximum absolute atomic E-state index is 3.80. The van der Waals surface area contributed by atoms with Gasteiger partial charge < -0.3 is 10.2 Å². The number of hydrogen-bond donors (Lipinski definition) is 1. The summed E-state index contributed by atoms with van der Waals surface area (Å²) in [4.78, 5) is 2.47. The van der Waals surface area contributed by atoms with E-state index in [9.17, 15) is 0 Å². The van der Waals surface area contributed by atoms with Crippen LogP contribution in [0.15, 0.2) is 12.7 Å². The summed E-state index contributed by atoms with van der Waals surface area (Å²) < 4.78 is 0. The highest BCUT2D eigenvalue weighted by Gasteiger charge is 2.21. The van der Waals surface area contributed by atoms with Gasteiger partial charge in [-0.3, -0.25) is 0 Å². The molecule has 88 valence electrons. The minimum atomic E-state index is 0.594. The van der Waals surface area contributed by atoms with Crippen LogP contribution in [0.2, 0.25) is 0 Å². The van der Waals surface area contributed by atoms with Crippen molar-refractivity contribution in [3.8, 4) is 0 Å². The van der Waals surface area contributed by atoms with Crippen molar-refractivity contribution in [2.45, 2.75) is 45.2 Å². The van der Waals surface area contributed by atoms with Crippen LogP contribution in [-0.4, -0.2) is 37.1 Å². The molecule has 1 aliphatic rings. The minimum Gasteiger partial charge on any atom is -0.312 e. The standard InChI is InChI=1S/C13H26N2/c1-5-7-11(2)12(3)14-10-13-8-6-9-15(13)4/h5,11-14H,1,6-10H2,2-4H3. The van der Waals surface area contributed by atoms with Crippen molar-refractivity contribution in [3.63, 3.8) is 0 Å². The molecule has 0 aromatic heterocycles. The lowest BCUT2D eigenvalue weighted by Gasteiger charge is -2.25. The lowest BCUT2D eigenvalue weighted by molar-refractivity contribution is 0.280. The zero-order valence-electron chi connectivity index (χ0n) is 10.5. The summed E-state index contributed by atoms with van der Waals surface area (Å²) >= 11 is 0. The van der Waals surface area contributed by atoms with Gasteiger partial charge in [0.25, 0.3) is 0 Å². The van der Waals surface area contributed by atoms with E-state index in [1.165, 1.54) is 19.4 Å². The first-order valence-electron chi connectivity index (χ1n) is 6.19. The Morgan fingerprint density at radius 1 is 1.53 bits per heavy atom. The maximum atomic E-state index is 3.80. The number of rotatable bonds is 6. The molecule has 2 nitrogen and oxygen atoms in total. The number of likely N-dealkylation sites (N-methyl/N-ethyl adjacent to an activating group) is 1. The van der Waals surface area contributed by atoms with Crippen molar-refractivity contribution >= 4 is 0 Å². The first-order valence-corrected chi connectivity index (χ1v) is 6.19. The van der Waals surface area contributed by atoms with Gasteiger partial charge in [-0.2, -0.15) is 0 Å². The smallest absolute Gasteiger partial charge is 0.0218 e. The van der Waals surface area contributed by atoms with Crippen molar-refractivity contribution < 1.29 is 0 Å². The fraction of sp³-hybridized carbons (Fsp3) is 0.846. The van der Waals surface area contributed by atoms with Gasteiger partial charge in [-0.15, -0.1) is 6.58 Å². The number of nitrogens with one attached hydrogen (secondary N) is 1. The Morgan fingerprint density at radius 2 is 2.27 bits per heavy atom. The lowest BCUT2D eigenvalue weighted by Crippen LogP contribution is -2.41. The summed E-state index contributed by atoms with van der Waals surface area (Å²) in [5.41, 5.74) is 0. The molecule has 3 atom stereocenters. The Balaban J connectivity index is 2.20. The van der Waals surface area contributed by atoms with Gasteiger partial charge in [0.2, 0.25) is 0 Å². The molecule has 0 bridgehead atoms. The van der Waals surface area contributed by atoms with Crippen LogP contribution in [0.4, 0.5) is 0 Å². The third-order valence-electron chi connectivity index (χ3n) is 3.74. The van der Waals surface area contributed by atoms with Crippen LogP contribution in [0.25, 0.3) is 0 Å². The average molecular weight is 210 g/mol. The van der Waals surface area contributed by atoms with Gasteiger partial charge >= 0.3 is 0 Å². The normalized spacial score (nSPS) is 26.5. The van der Waals surface area contributed by atoms with Gasteiger partial charge in [0.05, 0.1) is 0 Å². The third kappa shape index (κ3) is 3.96. The molecule has 3 unspecified atom stereocenters. The Labute approximate surface area is 94.7 Å². The minimum absolute atomic E-state index is 0.594. The van der Waals surface area contributed by atoms with Crippen LogP contribution in [0.5, 0.6) is 0 Å². The van der Waals surface area contributed by atoms with Crippen molar-refractivity contribution in [2.75, 3.05) is 20.1 Å².